The summed E-state index contributed by atoms with van der Waals surface area (Å²) in [5.74, 6) is 0. The van der Waals surface area contributed by atoms with Crippen LogP contribution in [0.4, 0.5) is 0 Å². The van der Waals surface area contributed by atoms with Gasteiger partial charge in [-0.15, -0.1) is 0 Å². The van der Waals surface area contributed by atoms with Crippen LogP contribution in [-0.4, -0.2) is 19.5 Å². The van der Waals surface area contributed by atoms with Gasteiger partial charge in [0.1, 0.15) is 0 Å². The monoisotopic (exact) mass is 310 g/mol. The van der Waals surface area contributed by atoms with Crippen molar-refractivity contribution in [3.8, 4) is 27.5 Å². The van der Waals surface area contributed by atoms with Crippen molar-refractivity contribution < 1.29 is 0 Å². The Morgan fingerprint density at radius 3 is 2.53 bits per heavy atom. The van der Waals surface area contributed by atoms with Crippen LogP contribution in [0.1, 0.15) is 5.56 Å². The predicted molar refractivity (Wildman–Crippen MR) is 76.8 cm³/mol. The van der Waals surface area contributed by atoms with Crippen molar-refractivity contribution in [3.05, 3.63) is 65.1 Å². The van der Waals surface area contributed by atoms with Crippen molar-refractivity contribution in [2.24, 2.45) is 0 Å². The quantitative estimate of drug-likeness (QED) is 0.681. The van der Waals surface area contributed by atoms with Crippen LogP contribution < -0.4 is 0 Å². The van der Waals surface area contributed by atoms with Crippen LogP contribution in [0.15, 0.2) is 59.5 Å². The molecule has 0 radical (unpaired) electrons. The Labute approximate surface area is 117 Å². The van der Waals surface area contributed by atoms with E-state index >= 15 is 0 Å². The number of nitriles is 1. The van der Waals surface area contributed by atoms with Crippen molar-refractivity contribution in [2.75, 3.05) is 0 Å². The van der Waals surface area contributed by atoms with E-state index in [1.54, 1.807) is 0 Å². The Bertz CT molecular complexity index is 739. The Balaban J connectivity index is 2.00. The number of aromatic nitrogens is 1. The van der Waals surface area contributed by atoms with Gasteiger partial charge >= 0.3 is 117 Å². The third-order valence-electron chi connectivity index (χ3n) is 2.81. The zero-order valence-electron chi connectivity index (χ0n) is 10.1. The molecule has 3 rings (SSSR count). The van der Waals surface area contributed by atoms with Crippen LogP contribution in [0.25, 0.3) is 21.4 Å². The van der Waals surface area contributed by atoms with Gasteiger partial charge in [0.05, 0.1) is 0 Å². The SMILES string of the molecule is N#Cc1cccc(-c2nc(-c3ccccc3)c[se]2)c1. The number of hydrogen-bond acceptors (Lipinski definition) is 2. The van der Waals surface area contributed by atoms with E-state index in [0.717, 1.165) is 21.4 Å². The molecule has 0 saturated carbocycles. The fraction of sp³-hybridized carbons (Fsp3) is 0. The molecule has 0 spiro atoms. The molecule has 0 aliphatic heterocycles. The van der Waals surface area contributed by atoms with Crippen LogP contribution in [0.2, 0.25) is 0 Å². The minimum absolute atomic E-state index is 0.235. The molecule has 0 saturated heterocycles. The third kappa shape index (κ3) is 2.51. The molecule has 0 atom stereocenters. The molecule has 19 heavy (non-hydrogen) atoms. The first-order valence-corrected chi connectivity index (χ1v) is 7.73. The minimum atomic E-state index is 0.235. The average molecular weight is 309 g/mol. The molecule has 0 N–H and O–H groups in total. The molecule has 0 fully saturated rings. The molecule has 1 aromatic heterocycles. The van der Waals surface area contributed by atoms with E-state index in [0.29, 0.717) is 5.56 Å². The fourth-order valence-corrected chi connectivity index (χ4v) is 3.60. The molecule has 0 aliphatic carbocycles. The van der Waals surface area contributed by atoms with Crippen LogP contribution in [0.3, 0.4) is 0 Å². The molecule has 0 bridgehead atoms. The summed E-state index contributed by atoms with van der Waals surface area (Å²) in [6, 6.07) is 20.0. The first-order valence-electron chi connectivity index (χ1n) is 5.88. The summed E-state index contributed by atoms with van der Waals surface area (Å²) in [5.41, 5.74) is 3.93. The van der Waals surface area contributed by atoms with E-state index in [2.05, 4.69) is 23.1 Å². The van der Waals surface area contributed by atoms with E-state index in [-0.39, 0.29) is 14.5 Å². The van der Waals surface area contributed by atoms with E-state index in [4.69, 9.17) is 10.2 Å². The second-order valence-corrected chi connectivity index (χ2v) is 5.90. The van der Waals surface area contributed by atoms with Crippen LogP contribution in [-0.2, 0) is 0 Å². The molecular formula is C16H10N2Se. The average Bonchev–Trinajstić information content (AvgIpc) is 2.98. The van der Waals surface area contributed by atoms with Crippen LogP contribution >= 0.6 is 0 Å². The van der Waals surface area contributed by atoms with Crippen molar-refractivity contribution in [2.45, 2.75) is 0 Å². The zero-order chi connectivity index (χ0) is 13.1. The fourth-order valence-electron chi connectivity index (χ4n) is 1.87. The first kappa shape index (κ1) is 11.9. The van der Waals surface area contributed by atoms with Gasteiger partial charge < -0.3 is 0 Å². The van der Waals surface area contributed by atoms with E-state index in [1.807, 2.05) is 42.5 Å². The van der Waals surface area contributed by atoms with E-state index in [9.17, 15) is 0 Å². The molecule has 0 unspecified atom stereocenters. The summed E-state index contributed by atoms with van der Waals surface area (Å²) < 4.78 is 1.09. The molecule has 0 aliphatic rings. The van der Waals surface area contributed by atoms with Gasteiger partial charge in [-0.3, -0.25) is 0 Å². The topological polar surface area (TPSA) is 36.7 Å². The molecule has 0 amide bonds. The standard InChI is InChI=1S/C16H10N2Se/c17-10-12-5-4-8-14(9-12)16-18-15(11-19-16)13-6-2-1-3-7-13/h1-9,11H. The predicted octanol–water partition coefficient (Wildman–Crippen LogP) is 3.34. The summed E-state index contributed by atoms with van der Waals surface area (Å²) in [4.78, 5) is 6.89. The number of nitrogens with zero attached hydrogens (tertiary/aromatic N) is 2. The first-order chi connectivity index (χ1) is 9.36. The molecule has 90 valence electrons. The summed E-state index contributed by atoms with van der Waals surface area (Å²) in [6.45, 7) is 0. The van der Waals surface area contributed by atoms with Gasteiger partial charge in [0.15, 0.2) is 0 Å². The van der Waals surface area contributed by atoms with Gasteiger partial charge in [-0.05, 0) is 0 Å². The molecule has 3 aromatic rings. The molecule has 2 nitrogen and oxygen atoms in total. The van der Waals surface area contributed by atoms with Crippen molar-refractivity contribution in [1.29, 1.82) is 5.26 Å². The van der Waals surface area contributed by atoms with Crippen molar-refractivity contribution >= 4 is 14.5 Å². The van der Waals surface area contributed by atoms with E-state index < -0.39 is 0 Å². The van der Waals surface area contributed by atoms with Gasteiger partial charge in [-0.2, -0.15) is 0 Å². The normalized spacial score (nSPS) is 10.1. The van der Waals surface area contributed by atoms with E-state index in [1.165, 1.54) is 0 Å². The van der Waals surface area contributed by atoms with Gasteiger partial charge in [0, 0.05) is 0 Å². The Hall–Kier alpha value is -2.14. The third-order valence-corrected chi connectivity index (χ3v) is 4.68. The Morgan fingerprint density at radius 1 is 0.947 bits per heavy atom. The van der Waals surface area contributed by atoms with Crippen LogP contribution in [0, 0.1) is 11.3 Å². The van der Waals surface area contributed by atoms with Crippen molar-refractivity contribution in [1.82, 2.24) is 4.98 Å². The Kier molecular flexibility index (Phi) is 3.29. The maximum atomic E-state index is 8.94. The molecule has 3 heteroatoms. The maximum absolute atomic E-state index is 8.94. The second kappa shape index (κ2) is 5.24. The summed E-state index contributed by atoms with van der Waals surface area (Å²) in [6.07, 6.45) is 0. The number of rotatable bonds is 2. The van der Waals surface area contributed by atoms with Crippen LogP contribution in [0.5, 0.6) is 0 Å². The molecular weight excluding hydrogens is 299 g/mol. The number of hydrogen-bond donors (Lipinski definition) is 0. The summed E-state index contributed by atoms with van der Waals surface area (Å²) in [7, 11) is 0. The van der Waals surface area contributed by atoms with Crippen molar-refractivity contribution in [3.63, 3.8) is 0 Å². The molecule has 1 heterocycles. The Morgan fingerprint density at radius 2 is 1.74 bits per heavy atom. The van der Waals surface area contributed by atoms with Gasteiger partial charge in [-0.25, -0.2) is 0 Å². The van der Waals surface area contributed by atoms with Gasteiger partial charge in [0.25, 0.3) is 0 Å². The summed E-state index contributed by atoms with van der Waals surface area (Å²) >= 11 is 0.235. The molecule has 2 aromatic carbocycles. The second-order valence-electron chi connectivity index (χ2n) is 4.10. The van der Waals surface area contributed by atoms with Gasteiger partial charge in [0.2, 0.25) is 0 Å². The van der Waals surface area contributed by atoms with Gasteiger partial charge in [-0.1, -0.05) is 0 Å². The summed E-state index contributed by atoms with van der Waals surface area (Å²) in [5, 5.41) is 8.94. The zero-order valence-corrected chi connectivity index (χ0v) is 11.8. The number of benzene rings is 2.